The molecule has 0 aliphatic rings. The molecule has 4 rings (SSSR count). The average molecular weight is 403 g/mol. The number of nitrogens with zero attached hydrogens (tertiary/aromatic N) is 3. The van der Waals surface area contributed by atoms with Crippen molar-refractivity contribution >= 4 is 23.3 Å². The topological polar surface area (TPSA) is 59.3 Å². The van der Waals surface area contributed by atoms with E-state index in [1.807, 2.05) is 71.3 Å². The molecule has 1 unspecified atom stereocenters. The highest BCUT2D eigenvalue weighted by Crippen LogP contribution is 2.21. The van der Waals surface area contributed by atoms with E-state index in [1.165, 1.54) is 0 Å². The minimum Gasteiger partial charge on any atom is -0.342 e. The molecule has 5 nitrogen and oxygen atoms in total. The maximum absolute atomic E-state index is 12.9. The number of thioether (sulfide) groups is 1. The molecule has 0 aliphatic heterocycles. The molecule has 2 aromatic carbocycles. The third-order valence-corrected chi connectivity index (χ3v) is 5.47. The van der Waals surface area contributed by atoms with Crippen molar-refractivity contribution in [3.63, 3.8) is 0 Å². The van der Waals surface area contributed by atoms with E-state index in [-0.39, 0.29) is 11.9 Å². The van der Waals surface area contributed by atoms with E-state index < -0.39 is 0 Å². The van der Waals surface area contributed by atoms with Crippen molar-refractivity contribution < 1.29 is 4.79 Å². The monoisotopic (exact) mass is 402 g/mol. The van der Waals surface area contributed by atoms with Crippen molar-refractivity contribution in [2.24, 2.45) is 0 Å². The first-order chi connectivity index (χ1) is 14.3. The normalized spacial score (nSPS) is 12.0. The first-order valence-corrected chi connectivity index (χ1v) is 10.9. The molecule has 1 atom stereocenters. The Balaban J connectivity index is 1.55. The Bertz CT molecular complexity index is 1090. The Morgan fingerprint density at radius 2 is 1.69 bits per heavy atom. The number of carbonyl (C=O) groups is 1. The van der Waals surface area contributed by atoms with Gasteiger partial charge in [-0.2, -0.15) is 11.8 Å². The standard InChI is InChI=1S/C23H22N4OS/c1-29-16-14-20(22-26-25-21-9-5-6-15-27(21)22)24-23(28)19-12-10-18(11-13-19)17-7-3-2-4-8-17/h2-13,15,20H,14,16H2,1H3,(H,24,28). The van der Waals surface area contributed by atoms with Gasteiger partial charge in [0, 0.05) is 11.8 Å². The first-order valence-electron chi connectivity index (χ1n) is 9.51. The Hall–Kier alpha value is -3.12. The Labute approximate surface area is 174 Å². The second-order valence-electron chi connectivity index (χ2n) is 6.74. The highest BCUT2D eigenvalue weighted by Gasteiger charge is 2.20. The van der Waals surface area contributed by atoms with Crippen LogP contribution < -0.4 is 5.32 Å². The van der Waals surface area contributed by atoms with E-state index in [0.29, 0.717) is 5.56 Å². The number of hydrogen-bond donors (Lipinski definition) is 1. The summed E-state index contributed by atoms with van der Waals surface area (Å²) in [5, 5.41) is 11.7. The summed E-state index contributed by atoms with van der Waals surface area (Å²) in [4.78, 5) is 12.9. The summed E-state index contributed by atoms with van der Waals surface area (Å²) in [6.07, 6.45) is 4.77. The molecular weight excluding hydrogens is 380 g/mol. The van der Waals surface area contributed by atoms with Crippen LogP contribution >= 0.6 is 11.8 Å². The number of benzene rings is 2. The summed E-state index contributed by atoms with van der Waals surface area (Å²) in [7, 11) is 0. The molecule has 0 aliphatic carbocycles. The SMILES string of the molecule is CSCCC(NC(=O)c1ccc(-c2ccccc2)cc1)c1nnc2ccccn12. The highest BCUT2D eigenvalue weighted by atomic mass is 32.2. The number of rotatable bonds is 7. The van der Waals surface area contributed by atoms with Crippen LogP contribution in [-0.2, 0) is 0 Å². The zero-order valence-corrected chi connectivity index (χ0v) is 17.0. The quantitative estimate of drug-likeness (QED) is 0.490. The lowest BCUT2D eigenvalue weighted by Gasteiger charge is -2.17. The molecule has 0 saturated heterocycles. The third kappa shape index (κ3) is 4.32. The fourth-order valence-electron chi connectivity index (χ4n) is 3.29. The van der Waals surface area contributed by atoms with Gasteiger partial charge in [0.15, 0.2) is 11.5 Å². The molecule has 4 aromatic rings. The summed E-state index contributed by atoms with van der Waals surface area (Å²) in [6, 6.07) is 23.4. The number of nitrogens with one attached hydrogen (secondary N) is 1. The van der Waals surface area contributed by atoms with Crippen LogP contribution in [0.2, 0.25) is 0 Å². The molecule has 0 bridgehead atoms. The van der Waals surface area contributed by atoms with Crippen LogP contribution in [-0.4, -0.2) is 32.5 Å². The van der Waals surface area contributed by atoms with Gasteiger partial charge >= 0.3 is 0 Å². The summed E-state index contributed by atoms with van der Waals surface area (Å²) in [6.45, 7) is 0. The zero-order valence-electron chi connectivity index (χ0n) is 16.2. The summed E-state index contributed by atoms with van der Waals surface area (Å²) in [5.74, 6) is 1.56. The van der Waals surface area contributed by atoms with E-state index in [2.05, 4.69) is 33.9 Å². The maximum atomic E-state index is 12.9. The number of carbonyl (C=O) groups excluding carboxylic acids is 1. The first kappa shape index (κ1) is 19.2. The van der Waals surface area contributed by atoms with Crippen LogP contribution in [0.15, 0.2) is 79.0 Å². The van der Waals surface area contributed by atoms with Gasteiger partial charge in [0.2, 0.25) is 0 Å². The molecule has 146 valence electrons. The molecule has 0 radical (unpaired) electrons. The van der Waals surface area contributed by atoms with Gasteiger partial charge in [-0.1, -0.05) is 48.5 Å². The van der Waals surface area contributed by atoms with Crippen molar-refractivity contribution in [3.05, 3.63) is 90.4 Å². The number of pyridine rings is 1. The minimum atomic E-state index is -0.207. The molecule has 1 amide bonds. The van der Waals surface area contributed by atoms with Crippen molar-refractivity contribution in [1.82, 2.24) is 19.9 Å². The van der Waals surface area contributed by atoms with E-state index >= 15 is 0 Å². The van der Waals surface area contributed by atoms with Gasteiger partial charge in [-0.15, -0.1) is 10.2 Å². The van der Waals surface area contributed by atoms with Crippen molar-refractivity contribution in [2.45, 2.75) is 12.5 Å². The smallest absolute Gasteiger partial charge is 0.251 e. The van der Waals surface area contributed by atoms with Crippen LogP contribution in [0.25, 0.3) is 16.8 Å². The van der Waals surface area contributed by atoms with E-state index in [1.54, 1.807) is 11.8 Å². The van der Waals surface area contributed by atoms with Crippen LogP contribution in [0, 0.1) is 0 Å². The van der Waals surface area contributed by atoms with E-state index in [9.17, 15) is 4.79 Å². The molecule has 2 aromatic heterocycles. The van der Waals surface area contributed by atoms with Crippen molar-refractivity contribution in [1.29, 1.82) is 0 Å². The Kier molecular flexibility index (Phi) is 5.91. The summed E-state index contributed by atoms with van der Waals surface area (Å²) < 4.78 is 1.93. The molecule has 0 saturated carbocycles. The van der Waals surface area contributed by atoms with Gasteiger partial charge in [0.25, 0.3) is 5.91 Å². The fraction of sp³-hybridized carbons (Fsp3) is 0.174. The molecule has 1 N–H and O–H groups in total. The molecular formula is C23H22N4OS. The highest BCUT2D eigenvalue weighted by molar-refractivity contribution is 7.98. The molecule has 2 heterocycles. The maximum Gasteiger partial charge on any atom is 0.251 e. The van der Waals surface area contributed by atoms with Crippen molar-refractivity contribution in [2.75, 3.05) is 12.0 Å². The predicted octanol–water partition coefficient (Wildman–Crippen LogP) is 4.62. The van der Waals surface area contributed by atoms with E-state index in [4.69, 9.17) is 0 Å². The number of fused-ring (bicyclic) bond motifs is 1. The lowest BCUT2D eigenvalue weighted by Crippen LogP contribution is -2.30. The number of hydrogen-bond acceptors (Lipinski definition) is 4. The minimum absolute atomic E-state index is 0.108. The Morgan fingerprint density at radius 1 is 0.966 bits per heavy atom. The molecule has 0 spiro atoms. The fourth-order valence-corrected chi connectivity index (χ4v) is 3.76. The lowest BCUT2D eigenvalue weighted by molar-refractivity contribution is 0.0934. The van der Waals surface area contributed by atoms with Gasteiger partial charge in [0.05, 0.1) is 6.04 Å². The zero-order chi connectivity index (χ0) is 20.1. The van der Waals surface area contributed by atoms with Gasteiger partial charge in [-0.3, -0.25) is 9.20 Å². The predicted molar refractivity (Wildman–Crippen MR) is 118 cm³/mol. The summed E-state index contributed by atoms with van der Waals surface area (Å²) in [5.41, 5.74) is 3.63. The largest absolute Gasteiger partial charge is 0.342 e. The lowest BCUT2D eigenvalue weighted by atomic mass is 10.0. The van der Waals surface area contributed by atoms with Crippen LogP contribution in [0.5, 0.6) is 0 Å². The van der Waals surface area contributed by atoms with Crippen LogP contribution in [0.3, 0.4) is 0 Å². The second-order valence-corrected chi connectivity index (χ2v) is 7.72. The van der Waals surface area contributed by atoms with Gasteiger partial charge in [-0.05, 0) is 53.8 Å². The third-order valence-electron chi connectivity index (χ3n) is 4.82. The molecule has 6 heteroatoms. The van der Waals surface area contributed by atoms with Crippen LogP contribution in [0.4, 0.5) is 0 Å². The Morgan fingerprint density at radius 3 is 2.45 bits per heavy atom. The van der Waals surface area contributed by atoms with Gasteiger partial charge in [-0.25, -0.2) is 0 Å². The van der Waals surface area contributed by atoms with E-state index in [0.717, 1.165) is 34.8 Å². The van der Waals surface area contributed by atoms with Gasteiger partial charge < -0.3 is 5.32 Å². The number of aromatic nitrogens is 3. The second kappa shape index (κ2) is 8.92. The number of amides is 1. The summed E-state index contributed by atoms with van der Waals surface area (Å²) >= 11 is 1.75. The average Bonchev–Trinajstić information content (AvgIpc) is 3.21. The molecule has 29 heavy (non-hydrogen) atoms. The molecule has 0 fully saturated rings. The van der Waals surface area contributed by atoms with Crippen LogP contribution in [0.1, 0.15) is 28.6 Å². The van der Waals surface area contributed by atoms with Crippen molar-refractivity contribution in [3.8, 4) is 11.1 Å². The van der Waals surface area contributed by atoms with Gasteiger partial charge in [0.1, 0.15) is 0 Å².